The van der Waals surface area contributed by atoms with Gasteiger partial charge in [0.15, 0.2) is 0 Å². The highest BCUT2D eigenvalue weighted by molar-refractivity contribution is 5.78. The molecule has 0 radical (unpaired) electrons. The highest BCUT2D eigenvalue weighted by atomic mass is 16.2. The number of likely N-dealkylation sites (N-methyl/N-ethyl adjacent to an activating group) is 1. The third-order valence-electron chi connectivity index (χ3n) is 3.80. The molecule has 0 spiro atoms. The predicted octanol–water partition coefficient (Wildman–Crippen LogP) is 2.22. The molecule has 104 valence electrons. The van der Waals surface area contributed by atoms with Crippen molar-refractivity contribution in [3.05, 3.63) is 35.9 Å². The lowest BCUT2D eigenvalue weighted by atomic mass is 10.1. The quantitative estimate of drug-likeness (QED) is 0.815. The first-order valence-electron chi connectivity index (χ1n) is 7.20. The molecule has 2 rings (SSSR count). The maximum absolute atomic E-state index is 11.9. The molecule has 1 aliphatic rings. The summed E-state index contributed by atoms with van der Waals surface area (Å²) in [6.07, 6.45) is 4.46. The van der Waals surface area contributed by atoms with Gasteiger partial charge in [-0.2, -0.15) is 0 Å². The van der Waals surface area contributed by atoms with E-state index in [-0.39, 0.29) is 5.91 Å². The Kier molecular flexibility index (Phi) is 4.97. The zero-order valence-corrected chi connectivity index (χ0v) is 11.9. The predicted molar refractivity (Wildman–Crippen MR) is 78.0 cm³/mol. The Balaban J connectivity index is 1.64. The summed E-state index contributed by atoms with van der Waals surface area (Å²) >= 11 is 0. The van der Waals surface area contributed by atoms with Crippen LogP contribution in [0.4, 0.5) is 0 Å². The Morgan fingerprint density at radius 2 is 2.05 bits per heavy atom. The van der Waals surface area contributed by atoms with Gasteiger partial charge in [-0.15, -0.1) is 0 Å². The molecule has 1 amide bonds. The molecule has 1 N–H and O–H groups in total. The maximum Gasteiger partial charge on any atom is 0.236 e. The number of rotatable bonds is 7. The molecule has 1 aromatic rings. The van der Waals surface area contributed by atoms with Gasteiger partial charge in [0.05, 0.1) is 6.54 Å². The van der Waals surface area contributed by atoms with Crippen molar-refractivity contribution in [2.75, 3.05) is 13.6 Å². The van der Waals surface area contributed by atoms with Crippen LogP contribution >= 0.6 is 0 Å². The average Bonchev–Trinajstić information content (AvgIpc) is 3.27. The van der Waals surface area contributed by atoms with E-state index in [0.29, 0.717) is 18.6 Å². The monoisotopic (exact) mass is 260 g/mol. The Bertz CT molecular complexity index is 400. The van der Waals surface area contributed by atoms with Gasteiger partial charge < -0.3 is 10.2 Å². The lowest BCUT2D eigenvalue weighted by Crippen LogP contribution is -2.40. The normalized spacial score (nSPS) is 16.1. The molecule has 0 heterocycles. The fourth-order valence-electron chi connectivity index (χ4n) is 2.18. The fraction of sp³-hybridized carbons (Fsp3) is 0.562. The van der Waals surface area contributed by atoms with Crippen LogP contribution in [0, 0.1) is 0 Å². The van der Waals surface area contributed by atoms with Crippen molar-refractivity contribution in [2.45, 2.75) is 44.7 Å². The van der Waals surface area contributed by atoms with Crippen molar-refractivity contribution in [1.29, 1.82) is 0 Å². The highest BCUT2D eigenvalue weighted by Crippen LogP contribution is 2.25. The number of amides is 1. The topological polar surface area (TPSA) is 32.3 Å². The summed E-state index contributed by atoms with van der Waals surface area (Å²) in [7, 11) is 1.91. The number of hydrogen-bond acceptors (Lipinski definition) is 2. The van der Waals surface area contributed by atoms with Crippen LogP contribution in [0.25, 0.3) is 0 Å². The van der Waals surface area contributed by atoms with Gasteiger partial charge in [0.2, 0.25) is 5.91 Å². The number of carbonyl (C=O) groups is 1. The first-order valence-corrected chi connectivity index (χ1v) is 7.20. The number of hydrogen-bond donors (Lipinski definition) is 1. The van der Waals surface area contributed by atoms with Crippen LogP contribution in [0.2, 0.25) is 0 Å². The lowest BCUT2D eigenvalue weighted by molar-refractivity contribution is -0.129. The Labute approximate surface area is 116 Å². The minimum absolute atomic E-state index is 0.217. The van der Waals surface area contributed by atoms with E-state index in [1.807, 2.05) is 18.0 Å². The van der Waals surface area contributed by atoms with E-state index < -0.39 is 0 Å². The number of nitrogens with one attached hydrogen (secondary N) is 1. The van der Waals surface area contributed by atoms with Crippen molar-refractivity contribution in [3.63, 3.8) is 0 Å². The Morgan fingerprint density at radius 1 is 1.37 bits per heavy atom. The van der Waals surface area contributed by atoms with E-state index in [2.05, 4.69) is 36.5 Å². The summed E-state index contributed by atoms with van der Waals surface area (Å²) in [5.41, 5.74) is 1.36. The van der Waals surface area contributed by atoms with E-state index in [1.165, 1.54) is 18.4 Å². The lowest BCUT2D eigenvalue weighted by Gasteiger charge is -2.19. The third kappa shape index (κ3) is 4.67. The second-order valence-corrected chi connectivity index (χ2v) is 5.54. The summed E-state index contributed by atoms with van der Waals surface area (Å²) in [6, 6.07) is 11.4. The van der Waals surface area contributed by atoms with Gasteiger partial charge >= 0.3 is 0 Å². The first-order chi connectivity index (χ1) is 9.16. The second-order valence-electron chi connectivity index (χ2n) is 5.54. The van der Waals surface area contributed by atoms with Crippen LogP contribution in [0.1, 0.15) is 31.7 Å². The van der Waals surface area contributed by atoms with Crippen LogP contribution in [0.3, 0.4) is 0 Å². The van der Waals surface area contributed by atoms with E-state index in [1.54, 1.807) is 0 Å². The largest absolute Gasteiger partial charge is 0.342 e. The number of nitrogens with zero attached hydrogens (tertiary/aromatic N) is 1. The first kappa shape index (κ1) is 14.1. The molecule has 3 nitrogen and oxygen atoms in total. The van der Waals surface area contributed by atoms with Gasteiger partial charge in [0.25, 0.3) is 0 Å². The highest BCUT2D eigenvalue weighted by Gasteiger charge is 2.29. The van der Waals surface area contributed by atoms with E-state index in [0.717, 1.165) is 12.8 Å². The van der Waals surface area contributed by atoms with Gasteiger partial charge in [-0.25, -0.2) is 0 Å². The minimum Gasteiger partial charge on any atom is -0.342 e. The summed E-state index contributed by atoms with van der Waals surface area (Å²) in [6.45, 7) is 2.61. The molecule has 0 aromatic heterocycles. The van der Waals surface area contributed by atoms with Gasteiger partial charge in [-0.05, 0) is 38.2 Å². The van der Waals surface area contributed by atoms with Gasteiger partial charge in [0, 0.05) is 19.1 Å². The fourth-order valence-corrected chi connectivity index (χ4v) is 2.18. The number of benzene rings is 1. The molecule has 0 bridgehead atoms. The van der Waals surface area contributed by atoms with E-state index in [4.69, 9.17) is 0 Å². The van der Waals surface area contributed by atoms with Crippen molar-refractivity contribution < 1.29 is 4.79 Å². The summed E-state index contributed by atoms with van der Waals surface area (Å²) in [5.74, 6) is 0.217. The van der Waals surface area contributed by atoms with Crippen molar-refractivity contribution in [1.82, 2.24) is 10.2 Å². The summed E-state index contributed by atoms with van der Waals surface area (Å²) < 4.78 is 0. The Hall–Kier alpha value is -1.35. The summed E-state index contributed by atoms with van der Waals surface area (Å²) in [4.78, 5) is 13.8. The van der Waals surface area contributed by atoms with Gasteiger partial charge in [0.1, 0.15) is 0 Å². The van der Waals surface area contributed by atoms with Crippen LogP contribution in [-0.2, 0) is 11.2 Å². The van der Waals surface area contributed by atoms with Gasteiger partial charge in [-0.3, -0.25) is 4.79 Å². The minimum atomic E-state index is 0.217. The van der Waals surface area contributed by atoms with Crippen LogP contribution in [0.5, 0.6) is 0 Å². The Morgan fingerprint density at radius 3 is 2.68 bits per heavy atom. The zero-order valence-electron chi connectivity index (χ0n) is 11.9. The number of aryl methyl sites for hydroxylation is 1. The maximum atomic E-state index is 11.9. The molecular weight excluding hydrogens is 236 g/mol. The SMILES string of the molecule is CC(CCc1ccccc1)NCC(=O)N(C)C1CC1. The molecule has 0 saturated heterocycles. The molecule has 0 aliphatic heterocycles. The van der Waals surface area contributed by atoms with Crippen LogP contribution in [-0.4, -0.2) is 36.5 Å². The summed E-state index contributed by atoms with van der Waals surface area (Å²) in [5, 5.41) is 3.32. The van der Waals surface area contributed by atoms with Crippen molar-refractivity contribution in [3.8, 4) is 0 Å². The van der Waals surface area contributed by atoms with Crippen LogP contribution < -0.4 is 5.32 Å². The smallest absolute Gasteiger partial charge is 0.236 e. The second kappa shape index (κ2) is 6.71. The molecule has 1 aromatic carbocycles. The number of carbonyl (C=O) groups excluding carboxylic acids is 1. The molecule has 1 fully saturated rings. The molecule has 19 heavy (non-hydrogen) atoms. The molecular formula is C16H24N2O. The molecule has 1 atom stereocenters. The van der Waals surface area contributed by atoms with E-state index >= 15 is 0 Å². The standard InChI is InChI=1S/C16H24N2O/c1-13(8-9-14-6-4-3-5-7-14)17-12-16(19)18(2)15-10-11-15/h3-7,13,15,17H,8-12H2,1-2H3. The average molecular weight is 260 g/mol. The molecule has 1 aliphatic carbocycles. The zero-order chi connectivity index (χ0) is 13.7. The molecule has 3 heteroatoms. The molecule has 1 unspecified atom stereocenters. The van der Waals surface area contributed by atoms with Crippen LogP contribution in [0.15, 0.2) is 30.3 Å². The van der Waals surface area contributed by atoms with Crippen molar-refractivity contribution >= 4 is 5.91 Å². The molecule has 1 saturated carbocycles. The van der Waals surface area contributed by atoms with Crippen molar-refractivity contribution in [2.24, 2.45) is 0 Å². The third-order valence-corrected chi connectivity index (χ3v) is 3.80. The van der Waals surface area contributed by atoms with Gasteiger partial charge in [-0.1, -0.05) is 30.3 Å². The van der Waals surface area contributed by atoms with E-state index in [9.17, 15) is 4.79 Å².